The molecule has 0 saturated heterocycles. The van der Waals surface area contributed by atoms with Gasteiger partial charge < -0.3 is 4.42 Å². The number of rotatable bonds is 3. The first-order valence-corrected chi connectivity index (χ1v) is 4.49. The normalized spacial score (nSPS) is 13.4. The topological polar surface area (TPSA) is 38.9 Å². The van der Waals surface area contributed by atoms with Crippen molar-refractivity contribution in [2.45, 2.75) is 26.7 Å². The SMILES string of the molecule is CCC(C)Cc1nnc(Br)o1. The Morgan fingerprint density at radius 2 is 2.27 bits per heavy atom. The minimum absolute atomic E-state index is 0.468. The molecule has 3 nitrogen and oxygen atoms in total. The Morgan fingerprint density at radius 1 is 1.55 bits per heavy atom. The first-order chi connectivity index (χ1) is 5.22. The lowest BCUT2D eigenvalue weighted by Gasteiger charge is -2.01. The van der Waals surface area contributed by atoms with Crippen LogP contribution in [0.5, 0.6) is 0 Å². The van der Waals surface area contributed by atoms with E-state index in [9.17, 15) is 0 Å². The van der Waals surface area contributed by atoms with Crippen LogP contribution in [0, 0.1) is 5.92 Å². The van der Waals surface area contributed by atoms with E-state index >= 15 is 0 Å². The summed E-state index contributed by atoms with van der Waals surface area (Å²) in [6.07, 6.45) is 2.01. The molecule has 0 aromatic carbocycles. The van der Waals surface area contributed by atoms with Gasteiger partial charge in [-0.3, -0.25) is 0 Å². The van der Waals surface area contributed by atoms with Crippen molar-refractivity contribution in [2.24, 2.45) is 5.92 Å². The van der Waals surface area contributed by atoms with E-state index in [1.165, 1.54) is 0 Å². The Labute approximate surface area is 74.3 Å². The van der Waals surface area contributed by atoms with E-state index < -0.39 is 0 Å². The number of aromatic nitrogens is 2. The monoisotopic (exact) mass is 218 g/mol. The Morgan fingerprint density at radius 3 is 2.73 bits per heavy atom. The fraction of sp³-hybridized carbons (Fsp3) is 0.714. The van der Waals surface area contributed by atoms with Gasteiger partial charge in [0.05, 0.1) is 0 Å². The van der Waals surface area contributed by atoms with Crippen LogP contribution in [0.25, 0.3) is 0 Å². The summed E-state index contributed by atoms with van der Waals surface area (Å²) >= 11 is 3.10. The van der Waals surface area contributed by atoms with E-state index in [1.54, 1.807) is 0 Å². The molecule has 0 fully saturated rings. The summed E-state index contributed by atoms with van der Waals surface area (Å²) in [6.45, 7) is 4.31. The molecule has 0 radical (unpaired) electrons. The van der Waals surface area contributed by atoms with E-state index in [2.05, 4.69) is 40.0 Å². The Hall–Kier alpha value is -0.380. The molecule has 0 N–H and O–H groups in total. The van der Waals surface area contributed by atoms with Crippen LogP contribution in [0.15, 0.2) is 9.22 Å². The predicted octanol–water partition coefficient (Wildman–Crippen LogP) is 2.42. The van der Waals surface area contributed by atoms with Gasteiger partial charge in [0.2, 0.25) is 5.89 Å². The highest BCUT2D eigenvalue weighted by Crippen LogP contribution is 2.12. The quantitative estimate of drug-likeness (QED) is 0.783. The highest BCUT2D eigenvalue weighted by molar-refractivity contribution is 9.10. The van der Waals surface area contributed by atoms with Crippen LogP contribution in [-0.4, -0.2) is 10.2 Å². The van der Waals surface area contributed by atoms with Crippen molar-refractivity contribution >= 4 is 15.9 Å². The minimum Gasteiger partial charge on any atom is -0.416 e. The molecule has 1 heterocycles. The van der Waals surface area contributed by atoms with Crippen molar-refractivity contribution in [3.8, 4) is 0 Å². The number of nitrogens with zero attached hydrogens (tertiary/aromatic N) is 2. The molecule has 0 spiro atoms. The van der Waals surface area contributed by atoms with Gasteiger partial charge in [-0.25, -0.2) is 0 Å². The number of hydrogen-bond donors (Lipinski definition) is 0. The van der Waals surface area contributed by atoms with E-state index in [-0.39, 0.29) is 0 Å². The summed E-state index contributed by atoms with van der Waals surface area (Å²) < 4.78 is 5.15. The summed E-state index contributed by atoms with van der Waals surface area (Å²) in [4.78, 5) is 0.468. The zero-order valence-electron chi connectivity index (χ0n) is 6.67. The maximum absolute atomic E-state index is 5.15. The first kappa shape index (κ1) is 8.71. The molecule has 0 aliphatic rings. The molecule has 0 amide bonds. The molecule has 62 valence electrons. The molecule has 11 heavy (non-hydrogen) atoms. The molecule has 0 bridgehead atoms. The highest BCUT2D eigenvalue weighted by Gasteiger charge is 2.06. The van der Waals surface area contributed by atoms with Crippen LogP contribution in [0.3, 0.4) is 0 Å². The smallest absolute Gasteiger partial charge is 0.284 e. The maximum atomic E-state index is 5.15. The van der Waals surface area contributed by atoms with Crippen molar-refractivity contribution in [3.05, 3.63) is 10.7 Å². The lowest BCUT2D eigenvalue weighted by molar-refractivity contribution is 0.424. The standard InChI is InChI=1S/C7H11BrN2O/c1-3-5(2)4-6-9-10-7(8)11-6/h5H,3-4H2,1-2H3. The lowest BCUT2D eigenvalue weighted by Crippen LogP contribution is -1.97. The average molecular weight is 219 g/mol. The molecule has 1 aromatic heterocycles. The van der Waals surface area contributed by atoms with Gasteiger partial charge in [-0.05, 0) is 5.92 Å². The van der Waals surface area contributed by atoms with Crippen molar-refractivity contribution in [2.75, 3.05) is 0 Å². The molecular formula is C7H11BrN2O. The van der Waals surface area contributed by atoms with Gasteiger partial charge in [-0.2, -0.15) is 0 Å². The van der Waals surface area contributed by atoms with Crippen molar-refractivity contribution < 1.29 is 4.42 Å². The zero-order valence-corrected chi connectivity index (χ0v) is 8.26. The van der Waals surface area contributed by atoms with Crippen LogP contribution in [-0.2, 0) is 6.42 Å². The van der Waals surface area contributed by atoms with E-state index in [1.807, 2.05) is 0 Å². The third kappa shape index (κ3) is 2.61. The van der Waals surface area contributed by atoms with Crippen LogP contribution in [0.2, 0.25) is 0 Å². The fourth-order valence-electron chi connectivity index (χ4n) is 0.758. The first-order valence-electron chi connectivity index (χ1n) is 3.70. The fourth-order valence-corrected chi connectivity index (χ4v) is 1.02. The molecule has 1 unspecified atom stereocenters. The molecule has 0 aliphatic carbocycles. The molecule has 1 atom stereocenters. The summed E-state index contributed by atoms with van der Waals surface area (Å²) in [5.41, 5.74) is 0. The van der Waals surface area contributed by atoms with E-state index in [0.29, 0.717) is 16.6 Å². The molecule has 0 aliphatic heterocycles. The summed E-state index contributed by atoms with van der Waals surface area (Å²) in [7, 11) is 0. The van der Waals surface area contributed by atoms with E-state index in [0.717, 1.165) is 12.8 Å². The third-order valence-electron chi connectivity index (χ3n) is 1.66. The van der Waals surface area contributed by atoms with Crippen LogP contribution in [0.4, 0.5) is 0 Å². The second-order valence-corrected chi connectivity index (χ2v) is 3.34. The van der Waals surface area contributed by atoms with Gasteiger partial charge >= 0.3 is 0 Å². The summed E-state index contributed by atoms with van der Waals surface area (Å²) in [5.74, 6) is 1.33. The van der Waals surface area contributed by atoms with Crippen LogP contribution in [0.1, 0.15) is 26.2 Å². The Balaban J connectivity index is 2.50. The van der Waals surface area contributed by atoms with Gasteiger partial charge in [0.15, 0.2) is 0 Å². The number of hydrogen-bond acceptors (Lipinski definition) is 3. The Bertz CT molecular complexity index is 224. The predicted molar refractivity (Wildman–Crippen MR) is 45.2 cm³/mol. The van der Waals surface area contributed by atoms with Gasteiger partial charge in [0.25, 0.3) is 4.80 Å². The molecule has 0 saturated carbocycles. The second-order valence-electron chi connectivity index (χ2n) is 2.67. The second kappa shape index (κ2) is 3.85. The average Bonchev–Trinajstić information content (AvgIpc) is 2.35. The van der Waals surface area contributed by atoms with Crippen molar-refractivity contribution in [3.63, 3.8) is 0 Å². The highest BCUT2D eigenvalue weighted by atomic mass is 79.9. The summed E-state index contributed by atoms with van der Waals surface area (Å²) in [5, 5.41) is 7.54. The number of halogens is 1. The largest absolute Gasteiger partial charge is 0.416 e. The molecular weight excluding hydrogens is 208 g/mol. The van der Waals surface area contributed by atoms with Crippen molar-refractivity contribution in [1.29, 1.82) is 0 Å². The van der Waals surface area contributed by atoms with Gasteiger partial charge in [-0.1, -0.05) is 20.3 Å². The summed E-state index contributed by atoms with van der Waals surface area (Å²) in [6, 6.07) is 0. The van der Waals surface area contributed by atoms with Gasteiger partial charge in [-0.15, -0.1) is 10.2 Å². The zero-order chi connectivity index (χ0) is 8.27. The third-order valence-corrected chi connectivity index (χ3v) is 1.98. The van der Waals surface area contributed by atoms with Gasteiger partial charge in [0.1, 0.15) is 0 Å². The van der Waals surface area contributed by atoms with Crippen LogP contribution < -0.4 is 0 Å². The van der Waals surface area contributed by atoms with Crippen molar-refractivity contribution in [1.82, 2.24) is 10.2 Å². The maximum Gasteiger partial charge on any atom is 0.284 e. The lowest BCUT2D eigenvalue weighted by atomic mass is 10.1. The van der Waals surface area contributed by atoms with Crippen LogP contribution >= 0.6 is 15.9 Å². The Kier molecular flexibility index (Phi) is 3.05. The molecule has 1 aromatic rings. The van der Waals surface area contributed by atoms with Gasteiger partial charge in [0, 0.05) is 22.4 Å². The molecule has 1 rings (SSSR count). The molecule has 4 heteroatoms. The minimum atomic E-state index is 0.468. The van der Waals surface area contributed by atoms with E-state index in [4.69, 9.17) is 4.42 Å².